The molecule has 0 radical (unpaired) electrons. The van der Waals surface area contributed by atoms with Crippen LogP contribution in [0.15, 0.2) is 47.4 Å². The Kier molecular flexibility index (Phi) is 7.49. The summed E-state index contributed by atoms with van der Waals surface area (Å²) in [5, 5.41) is 3.32. The van der Waals surface area contributed by atoms with Gasteiger partial charge in [0, 0.05) is 11.6 Å². The number of carbonyl (C=O) groups is 1. The first-order valence-corrected chi connectivity index (χ1v) is 10.4. The van der Waals surface area contributed by atoms with Crippen LogP contribution in [0.2, 0.25) is 10.0 Å². The van der Waals surface area contributed by atoms with E-state index in [0.717, 1.165) is 4.31 Å². The number of anilines is 1. The first-order chi connectivity index (χ1) is 12.8. The number of hydrogen-bond acceptors (Lipinski definition) is 4. The number of rotatable bonds is 8. The van der Waals surface area contributed by atoms with Crippen molar-refractivity contribution in [3.63, 3.8) is 0 Å². The van der Waals surface area contributed by atoms with Gasteiger partial charge in [-0.25, -0.2) is 8.42 Å². The maximum Gasteiger partial charge on any atom is 0.243 e. The molecular formula is C18H20Cl2N2O4S. The number of hydrogen-bond donors (Lipinski definition) is 1. The van der Waals surface area contributed by atoms with E-state index >= 15 is 0 Å². The number of carbonyl (C=O) groups excluding carboxylic acids is 1. The topological polar surface area (TPSA) is 75.7 Å². The van der Waals surface area contributed by atoms with Crippen LogP contribution < -0.4 is 10.1 Å². The number of benzene rings is 2. The van der Waals surface area contributed by atoms with Gasteiger partial charge in [-0.3, -0.25) is 4.79 Å². The Hall–Kier alpha value is -1.80. The van der Waals surface area contributed by atoms with Crippen LogP contribution in [0, 0.1) is 0 Å². The highest BCUT2D eigenvalue weighted by atomic mass is 35.5. The third kappa shape index (κ3) is 5.59. The molecule has 0 unspecified atom stereocenters. The van der Waals surface area contributed by atoms with Crippen molar-refractivity contribution < 1.29 is 17.9 Å². The summed E-state index contributed by atoms with van der Waals surface area (Å²) in [6, 6.07) is 10.7. The Bertz CT molecular complexity index is 902. The zero-order valence-corrected chi connectivity index (χ0v) is 17.2. The Morgan fingerprint density at radius 1 is 1.15 bits per heavy atom. The van der Waals surface area contributed by atoms with E-state index in [1.807, 2.05) is 6.92 Å². The second-order valence-electron chi connectivity index (χ2n) is 5.69. The molecule has 0 saturated heterocycles. The van der Waals surface area contributed by atoms with Crippen LogP contribution in [0.3, 0.4) is 0 Å². The molecule has 9 heteroatoms. The SMILES string of the molecule is CCCN(CC(=O)Nc1cc(Cl)ccc1Cl)S(=O)(=O)c1ccc(OC)cc1. The quantitative estimate of drug-likeness (QED) is 0.685. The second-order valence-corrected chi connectivity index (χ2v) is 8.47. The van der Waals surface area contributed by atoms with Gasteiger partial charge in [0.1, 0.15) is 5.75 Å². The average Bonchev–Trinajstić information content (AvgIpc) is 2.64. The summed E-state index contributed by atoms with van der Waals surface area (Å²) in [6.45, 7) is 1.69. The molecular weight excluding hydrogens is 411 g/mol. The predicted octanol–water partition coefficient (Wildman–Crippen LogP) is 4.04. The van der Waals surface area contributed by atoms with E-state index in [1.165, 1.54) is 25.3 Å². The van der Waals surface area contributed by atoms with Crippen LogP contribution in [0.4, 0.5) is 5.69 Å². The van der Waals surface area contributed by atoms with Crippen LogP contribution in [-0.2, 0) is 14.8 Å². The highest BCUT2D eigenvalue weighted by Crippen LogP contribution is 2.26. The highest BCUT2D eigenvalue weighted by molar-refractivity contribution is 7.89. The van der Waals surface area contributed by atoms with E-state index in [4.69, 9.17) is 27.9 Å². The van der Waals surface area contributed by atoms with Gasteiger partial charge in [0.2, 0.25) is 15.9 Å². The standard InChI is InChI=1S/C18H20Cl2N2O4S/c1-3-10-22(27(24,25)15-7-5-14(26-2)6-8-15)12-18(23)21-17-11-13(19)4-9-16(17)20/h4-9,11H,3,10,12H2,1-2H3,(H,21,23). The van der Waals surface area contributed by atoms with Crippen molar-refractivity contribution in [3.8, 4) is 5.75 Å². The number of methoxy groups -OCH3 is 1. The molecule has 0 saturated carbocycles. The van der Waals surface area contributed by atoms with Gasteiger partial charge in [-0.15, -0.1) is 0 Å². The lowest BCUT2D eigenvalue weighted by molar-refractivity contribution is -0.116. The van der Waals surface area contributed by atoms with Crippen LogP contribution in [-0.4, -0.2) is 38.8 Å². The maximum absolute atomic E-state index is 12.9. The minimum absolute atomic E-state index is 0.0883. The van der Waals surface area contributed by atoms with Crippen LogP contribution in [0.25, 0.3) is 0 Å². The normalized spacial score (nSPS) is 11.4. The van der Waals surface area contributed by atoms with E-state index < -0.39 is 15.9 Å². The Balaban J connectivity index is 2.20. The van der Waals surface area contributed by atoms with Gasteiger partial charge in [0.25, 0.3) is 0 Å². The summed E-state index contributed by atoms with van der Waals surface area (Å²) >= 11 is 11.9. The number of ether oxygens (including phenoxy) is 1. The summed E-state index contributed by atoms with van der Waals surface area (Å²) in [5.74, 6) is 0.0361. The molecule has 146 valence electrons. The smallest absolute Gasteiger partial charge is 0.243 e. The van der Waals surface area contributed by atoms with Crippen molar-refractivity contribution in [2.75, 3.05) is 25.5 Å². The molecule has 0 aliphatic rings. The molecule has 1 N–H and O–H groups in total. The predicted molar refractivity (Wildman–Crippen MR) is 107 cm³/mol. The number of sulfonamides is 1. The van der Waals surface area contributed by atoms with Crippen LogP contribution in [0.5, 0.6) is 5.75 Å². The number of nitrogens with one attached hydrogen (secondary N) is 1. The summed E-state index contributed by atoms with van der Waals surface area (Å²) in [4.78, 5) is 12.5. The molecule has 27 heavy (non-hydrogen) atoms. The lowest BCUT2D eigenvalue weighted by Gasteiger charge is -2.21. The first kappa shape index (κ1) is 21.5. The average molecular weight is 431 g/mol. The molecule has 0 spiro atoms. The fourth-order valence-electron chi connectivity index (χ4n) is 2.37. The van der Waals surface area contributed by atoms with Gasteiger partial charge in [-0.05, 0) is 48.9 Å². The Morgan fingerprint density at radius 3 is 2.41 bits per heavy atom. The van der Waals surface area contributed by atoms with Crippen LogP contribution in [0.1, 0.15) is 13.3 Å². The van der Waals surface area contributed by atoms with Gasteiger partial charge in [0.15, 0.2) is 0 Å². The molecule has 0 bridgehead atoms. The minimum atomic E-state index is -3.84. The molecule has 2 aromatic rings. The number of nitrogens with zero attached hydrogens (tertiary/aromatic N) is 1. The molecule has 2 rings (SSSR count). The van der Waals surface area contributed by atoms with Crippen molar-refractivity contribution in [2.45, 2.75) is 18.2 Å². The summed E-state index contributed by atoms with van der Waals surface area (Å²) in [6.07, 6.45) is 0.556. The largest absolute Gasteiger partial charge is 0.497 e. The van der Waals surface area contributed by atoms with Gasteiger partial charge in [-0.1, -0.05) is 30.1 Å². The van der Waals surface area contributed by atoms with E-state index in [-0.39, 0.29) is 18.0 Å². The van der Waals surface area contributed by atoms with Crippen molar-refractivity contribution in [2.24, 2.45) is 0 Å². The molecule has 1 amide bonds. The van der Waals surface area contributed by atoms with Crippen molar-refractivity contribution >= 4 is 44.8 Å². The molecule has 0 aromatic heterocycles. The van der Waals surface area contributed by atoms with Crippen LogP contribution >= 0.6 is 23.2 Å². The lowest BCUT2D eigenvalue weighted by atomic mass is 10.3. The van der Waals surface area contributed by atoms with E-state index in [2.05, 4.69) is 5.32 Å². The van der Waals surface area contributed by atoms with Gasteiger partial charge < -0.3 is 10.1 Å². The molecule has 0 heterocycles. The number of halogens is 2. The zero-order chi connectivity index (χ0) is 20.0. The van der Waals surface area contributed by atoms with Crippen molar-refractivity contribution in [1.29, 1.82) is 0 Å². The van der Waals surface area contributed by atoms with Gasteiger partial charge in [0.05, 0.1) is 29.3 Å². The monoisotopic (exact) mass is 430 g/mol. The fraction of sp³-hybridized carbons (Fsp3) is 0.278. The van der Waals surface area contributed by atoms with Crippen molar-refractivity contribution in [1.82, 2.24) is 4.31 Å². The molecule has 0 fully saturated rings. The van der Waals surface area contributed by atoms with E-state index in [9.17, 15) is 13.2 Å². The molecule has 0 aliphatic carbocycles. The molecule has 6 nitrogen and oxygen atoms in total. The summed E-state index contributed by atoms with van der Waals surface area (Å²) < 4.78 is 32.0. The maximum atomic E-state index is 12.9. The molecule has 0 aliphatic heterocycles. The van der Waals surface area contributed by atoms with Crippen molar-refractivity contribution in [3.05, 3.63) is 52.5 Å². The third-order valence-electron chi connectivity index (χ3n) is 3.69. The summed E-state index contributed by atoms with van der Waals surface area (Å²) in [7, 11) is -2.34. The van der Waals surface area contributed by atoms with E-state index in [0.29, 0.717) is 27.9 Å². The number of amides is 1. The first-order valence-electron chi connectivity index (χ1n) is 8.17. The Labute approximate surface area is 169 Å². The van der Waals surface area contributed by atoms with Gasteiger partial charge in [-0.2, -0.15) is 4.31 Å². The summed E-state index contributed by atoms with van der Waals surface area (Å²) in [5.41, 5.74) is 0.326. The molecule has 2 aromatic carbocycles. The fourth-order valence-corrected chi connectivity index (χ4v) is 4.20. The lowest BCUT2D eigenvalue weighted by Crippen LogP contribution is -2.38. The third-order valence-corrected chi connectivity index (χ3v) is 6.12. The Morgan fingerprint density at radius 2 is 1.81 bits per heavy atom. The second kappa shape index (κ2) is 9.41. The highest BCUT2D eigenvalue weighted by Gasteiger charge is 2.26. The zero-order valence-electron chi connectivity index (χ0n) is 14.9. The van der Waals surface area contributed by atoms with Gasteiger partial charge >= 0.3 is 0 Å². The minimum Gasteiger partial charge on any atom is -0.497 e. The van der Waals surface area contributed by atoms with E-state index in [1.54, 1.807) is 24.3 Å². The molecule has 0 atom stereocenters.